The minimum absolute atomic E-state index is 0.646. The molecule has 15 heteroatoms. The highest BCUT2D eigenvalue weighted by Gasteiger charge is 2.28. The summed E-state index contributed by atoms with van der Waals surface area (Å²) in [6, 6.07) is 164. The molecular weight excluding hydrogens is 1890 g/mol. The number of rotatable bonds is 15. The maximum atomic E-state index is 6.77. The Balaban J connectivity index is 0.000000108. The molecular formula is C135H81N9O3S3. The number of para-hydroxylation sites is 3. The fourth-order valence-corrected chi connectivity index (χ4v) is 24.8. The summed E-state index contributed by atoms with van der Waals surface area (Å²) in [5.41, 5.74) is 31.5. The number of nitrogens with zero attached hydrogens (tertiary/aromatic N) is 9. The monoisotopic (exact) mass is 1970 g/mol. The summed E-state index contributed by atoms with van der Waals surface area (Å²) in [7, 11) is 0. The van der Waals surface area contributed by atoms with Gasteiger partial charge in [-0.25, -0.2) is 29.9 Å². The molecule has 0 spiro atoms. The van der Waals surface area contributed by atoms with E-state index in [0.717, 1.165) is 206 Å². The predicted molar refractivity (Wildman–Crippen MR) is 622 cm³/mol. The van der Waals surface area contributed by atoms with Crippen LogP contribution in [0, 0.1) is 0 Å². The molecule has 0 saturated heterocycles. The summed E-state index contributed by atoms with van der Waals surface area (Å²) < 4.78 is 27.9. The first-order chi connectivity index (χ1) is 74.3. The van der Waals surface area contributed by atoms with Gasteiger partial charge in [0.1, 0.15) is 33.5 Å². The Hall–Kier alpha value is -19.3. The third kappa shape index (κ3) is 16.0. The zero-order valence-electron chi connectivity index (χ0n) is 80.2. The standard InChI is InChI=1S/3C45H27N3OS/c1-2-12-28(13-3-1)45-47-38(30-15-10-14-29(26-30)37-20-8-9-25-46-37)27-39(48-45)35-24-23-32(43-42(35)36-17-4-6-21-40(36)49-43)34-19-11-18-33-31-16-5-7-22-41(31)50-44(33)34;1-2-12-28(13-3-1)38-27-39(48-45(47-38)30-15-10-14-29(26-30)37-20-8-9-25-46-37)35-24-23-32(43-42(35)36-17-4-6-21-40(36)49-43)34-19-11-18-33-31-16-5-7-22-41(31)50-44(33)34;1-2-12-28(13-3-1)38-27-39(30-15-10-14-29(26-30)37-20-8-9-25-46-37)48-45(47-38)36-24-23-32(43-42(36)35-17-4-6-21-40(35)49-43)34-19-11-18-33-31-16-5-7-22-41(31)50-44(33)34/h3*1-27H. The molecule has 0 fully saturated rings. The van der Waals surface area contributed by atoms with E-state index < -0.39 is 0 Å². The summed E-state index contributed by atoms with van der Waals surface area (Å²) in [5.74, 6) is 1.97. The second-order valence-corrected chi connectivity index (χ2v) is 40.3. The van der Waals surface area contributed by atoms with Crippen molar-refractivity contribution in [2.75, 3.05) is 0 Å². The molecule has 0 bridgehead atoms. The first-order valence-electron chi connectivity index (χ1n) is 49.8. The molecule has 0 amide bonds. The summed E-state index contributed by atoms with van der Waals surface area (Å²) in [5, 5.41) is 13.9. The van der Waals surface area contributed by atoms with Gasteiger partial charge in [-0.05, 0) is 133 Å². The van der Waals surface area contributed by atoms with Gasteiger partial charge in [0.2, 0.25) is 0 Å². The molecule has 0 saturated carbocycles. The molecule has 30 aromatic rings. The van der Waals surface area contributed by atoms with Crippen LogP contribution in [0.25, 0.3) is 295 Å². The summed E-state index contributed by atoms with van der Waals surface area (Å²) >= 11 is 5.49. The molecule has 702 valence electrons. The van der Waals surface area contributed by atoms with E-state index in [-0.39, 0.29) is 0 Å². The van der Waals surface area contributed by atoms with E-state index in [1.54, 1.807) is 0 Å². The van der Waals surface area contributed by atoms with Crippen molar-refractivity contribution in [3.8, 4) is 169 Å². The molecule has 0 N–H and O–H groups in total. The average molecular weight is 1970 g/mol. The topological polar surface area (TPSA) is 155 Å². The second kappa shape index (κ2) is 37.7. The van der Waals surface area contributed by atoms with Crippen molar-refractivity contribution in [2.45, 2.75) is 0 Å². The summed E-state index contributed by atoms with van der Waals surface area (Å²) in [6.07, 6.45) is 5.46. The number of hydrogen-bond donors (Lipinski definition) is 0. The Kier molecular flexibility index (Phi) is 22.2. The van der Waals surface area contributed by atoms with Gasteiger partial charge in [0.25, 0.3) is 0 Å². The lowest BCUT2D eigenvalue weighted by atomic mass is 9.95. The lowest BCUT2D eigenvalue weighted by molar-refractivity contribution is 0.669. The van der Waals surface area contributed by atoms with Crippen molar-refractivity contribution in [1.82, 2.24) is 44.9 Å². The third-order valence-electron chi connectivity index (χ3n) is 28.1. The molecule has 0 atom stereocenters. The van der Waals surface area contributed by atoms with Crippen LogP contribution in [0.2, 0.25) is 0 Å². The normalized spacial score (nSPS) is 11.6. The average Bonchev–Trinajstić information content (AvgIpc) is 1.58. The van der Waals surface area contributed by atoms with Crippen molar-refractivity contribution < 1.29 is 13.3 Å². The molecule has 12 nitrogen and oxygen atoms in total. The number of aromatic nitrogens is 9. The van der Waals surface area contributed by atoms with Crippen LogP contribution >= 0.6 is 34.0 Å². The molecule has 0 aliphatic rings. The van der Waals surface area contributed by atoms with Gasteiger partial charge in [0.05, 0.1) is 51.2 Å². The Morgan fingerprint density at radius 1 is 0.153 bits per heavy atom. The lowest BCUT2D eigenvalue weighted by Gasteiger charge is -2.12. The van der Waals surface area contributed by atoms with Gasteiger partial charge in [-0.3, -0.25) is 15.0 Å². The number of pyridine rings is 3. The zero-order chi connectivity index (χ0) is 99.1. The molecule has 12 heterocycles. The van der Waals surface area contributed by atoms with Gasteiger partial charge >= 0.3 is 0 Å². The Morgan fingerprint density at radius 3 is 0.793 bits per heavy atom. The molecule has 30 rings (SSSR count). The molecule has 12 aromatic heterocycles. The van der Waals surface area contributed by atoms with Gasteiger partial charge in [-0.1, -0.05) is 340 Å². The fourth-order valence-electron chi connectivity index (χ4n) is 21.1. The highest BCUT2D eigenvalue weighted by atomic mass is 32.1. The third-order valence-corrected chi connectivity index (χ3v) is 31.8. The van der Waals surface area contributed by atoms with E-state index in [1.165, 1.54) is 71.6 Å². The quantitative estimate of drug-likeness (QED) is 0.0959. The maximum Gasteiger partial charge on any atom is 0.161 e. The largest absolute Gasteiger partial charge is 0.455 e. The van der Waals surface area contributed by atoms with Crippen LogP contribution in [0.4, 0.5) is 0 Å². The molecule has 0 radical (unpaired) electrons. The predicted octanol–water partition coefficient (Wildman–Crippen LogP) is 37.4. The lowest BCUT2D eigenvalue weighted by Crippen LogP contribution is -1.97. The van der Waals surface area contributed by atoms with Crippen LogP contribution in [0.5, 0.6) is 0 Å². The number of thiophene rings is 3. The van der Waals surface area contributed by atoms with Crippen molar-refractivity contribution >= 4 is 160 Å². The summed E-state index contributed by atoms with van der Waals surface area (Å²) in [4.78, 5) is 45.1. The van der Waals surface area contributed by atoms with Crippen molar-refractivity contribution in [3.05, 3.63) is 492 Å². The van der Waals surface area contributed by atoms with Crippen molar-refractivity contribution in [2.24, 2.45) is 0 Å². The van der Waals surface area contributed by atoms with E-state index in [2.05, 4.69) is 336 Å². The first-order valence-corrected chi connectivity index (χ1v) is 52.3. The van der Waals surface area contributed by atoms with E-state index in [4.69, 9.17) is 43.2 Å². The number of fused-ring (bicyclic) bond motifs is 18. The first kappa shape index (κ1) is 88.4. The smallest absolute Gasteiger partial charge is 0.161 e. The van der Waals surface area contributed by atoms with E-state index in [0.29, 0.717) is 17.5 Å². The van der Waals surface area contributed by atoms with Gasteiger partial charge in [-0.15, -0.1) is 34.0 Å². The highest BCUT2D eigenvalue weighted by Crippen LogP contribution is 2.52. The number of benzene rings is 18. The van der Waals surface area contributed by atoms with Gasteiger partial charge in [0.15, 0.2) is 17.5 Å². The van der Waals surface area contributed by atoms with Crippen LogP contribution in [0.1, 0.15) is 0 Å². The van der Waals surface area contributed by atoms with Crippen molar-refractivity contribution in [1.29, 1.82) is 0 Å². The van der Waals surface area contributed by atoms with Crippen LogP contribution in [-0.4, -0.2) is 44.9 Å². The SMILES string of the molecule is c1ccc(-c2cc(-c3ccc(-c4cccc5c4sc4ccccc45)c4oc5ccccc5c34)nc(-c3cccc(-c4ccccn4)c3)n2)cc1.c1ccc(-c2cc(-c3cccc(-c4ccccn4)c3)nc(-c3ccc(-c4cccc5c4sc4ccccc45)c4oc5ccccc5c34)n2)cc1.c1ccc(-c2nc(-c3cccc(-c4ccccn4)c3)cc(-c3ccc(-c4cccc5c4sc4ccccc45)c4oc5ccccc5c34)n2)cc1. The molecule has 150 heavy (non-hydrogen) atoms. The molecule has 0 aliphatic carbocycles. The zero-order valence-corrected chi connectivity index (χ0v) is 82.7. The van der Waals surface area contributed by atoms with Crippen LogP contribution in [-0.2, 0) is 0 Å². The van der Waals surface area contributed by atoms with Gasteiger partial charge < -0.3 is 13.3 Å². The minimum Gasteiger partial charge on any atom is -0.455 e. The number of hydrogen-bond acceptors (Lipinski definition) is 15. The highest BCUT2D eigenvalue weighted by molar-refractivity contribution is 7.27. The molecule has 0 unspecified atom stereocenters. The van der Waals surface area contributed by atoms with Crippen LogP contribution < -0.4 is 0 Å². The van der Waals surface area contributed by atoms with Crippen LogP contribution in [0.15, 0.2) is 505 Å². The van der Waals surface area contributed by atoms with E-state index in [9.17, 15) is 0 Å². The Morgan fingerprint density at radius 2 is 0.413 bits per heavy atom. The van der Waals surface area contributed by atoms with Crippen LogP contribution in [0.3, 0.4) is 0 Å². The number of furan rings is 3. The Bertz CT molecular complexity index is 9570. The molecule has 18 aromatic carbocycles. The maximum absolute atomic E-state index is 6.77. The van der Waals surface area contributed by atoms with Gasteiger partial charge in [0, 0.05) is 212 Å². The van der Waals surface area contributed by atoms with Gasteiger partial charge in [-0.2, -0.15) is 0 Å². The van der Waals surface area contributed by atoms with Crippen molar-refractivity contribution in [3.63, 3.8) is 0 Å². The van der Waals surface area contributed by atoms with E-state index >= 15 is 0 Å². The second-order valence-electron chi connectivity index (χ2n) is 37.1. The fraction of sp³-hybridized carbons (Fsp3) is 0. The minimum atomic E-state index is 0.646. The molecule has 0 aliphatic heterocycles. The Labute approximate surface area is 872 Å². The summed E-state index contributed by atoms with van der Waals surface area (Å²) in [6.45, 7) is 0. The van der Waals surface area contributed by atoms with E-state index in [1.807, 2.05) is 204 Å².